The zero-order chi connectivity index (χ0) is 11.5. The first-order valence-electron chi connectivity index (χ1n) is 5.87. The molecule has 5 heteroatoms. The van der Waals surface area contributed by atoms with E-state index in [1.807, 2.05) is 4.90 Å². The second-order valence-corrected chi connectivity index (χ2v) is 4.35. The van der Waals surface area contributed by atoms with Crippen LogP contribution in [0.3, 0.4) is 0 Å². The molecule has 0 aliphatic carbocycles. The lowest BCUT2D eigenvalue weighted by atomic mass is 10.2. The monoisotopic (exact) mass is 226 g/mol. The number of ether oxygens (including phenoxy) is 1. The number of nitrogens with zero attached hydrogens (tertiary/aromatic N) is 2. The number of carbonyl (C=O) groups is 2. The highest BCUT2D eigenvalue weighted by Crippen LogP contribution is 2.22. The van der Waals surface area contributed by atoms with Crippen LogP contribution in [-0.4, -0.2) is 54.6 Å². The quantitative estimate of drug-likeness (QED) is 0.665. The standard InChI is InChI=1S/C11H18N2O3/c1-16-11(15)13-8-4-5-9(13)10(14)12-6-2-3-7-12/h9H,2-8H2,1H3. The van der Waals surface area contributed by atoms with Gasteiger partial charge >= 0.3 is 6.09 Å². The molecule has 5 nitrogen and oxygen atoms in total. The Labute approximate surface area is 95.3 Å². The maximum Gasteiger partial charge on any atom is 0.410 e. The Morgan fingerprint density at radius 2 is 1.81 bits per heavy atom. The predicted octanol–water partition coefficient (Wildman–Crippen LogP) is 0.840. The van der Waals surface area contributed by atoms with Crippen molar-refractivity contribution in [2.75, 3.05) is 26.7 Å². The minimum atomic E-state index is -0.380. The smallest absolute Gasteiger partial charge is 0.410 e. The Bertz CT molecular complexity index is 287. The van der Waals surface area contributed by atoms with E-state index >= 15 is 0 Å². The summed E-state index contributed by atoms with van der Waals surface area (Å²) < 4.78 is 4.69. The molecule has 2 aliphatic rings. The first-order chi connectivity index (χ1) is 7.74. The fourth-order valence-corrected chi connectivity index (χ4v) is 2.51. The van der Waals surface area contributed by atoms with E-state index in [9.17, 15) is 9.59 Å². The zero-order valence-electron chi connectivity index (χ0n) is 9.65. The number of amides is 2. The van der Waals surface area contributed by atoms with Gasteiger partial charge in [0.05, 0.1) is 7.11 Å². The van der Waals surface area contributed by atoms with Crippen molar-refractivity contribution in [3.8, 4) is 0 Å². The van der Waals surface area contributed by atoms with Gasteiger partial charge in [-0.05, 0) is 25.7 Å². The molecule has 2 amide bonds. The Morgan fingerprint density at radius 3 is 2.44 bits per heavy atom. The van der Waals surface area contributed by atoms with Crippen LogP contribution >= 0.6 is 0 Å². The summed E-state index contributed by atoms with van der Waals surface area (Å²) in [6.45, 7) is 2.31. The molecule has 0 N–H and O–H groups in total. The van der Waals surface area contributed by atoms with Gasteiger partial charge in [0.1, 0.15) is 6.04 Å². The third kappa shape index (κ3) is 1.99. The fourth-order valence-electron chi connectivity index (χ4n) is 2.51. The van der Waals surface area contributed by atoms with Crippen LogP contribution in [0, 0.1) is 0 Å². The zero-order valence-corrected chi connectivity index (χ0v) is 9.65. The van der Waals surface area contributed by atoms with Crippen molar-refractivity contribution < 1.29 is 14.3 Å². The molecule has 0 spiro atoms. The highest BCUT2D eigenvalue weighted by atomic mass is 16.5. The van der Waals surface area contributed by atoms with Crippen LogP contribution in [-0.2, 0) is 9.53 Å². The van der Waals surface area contributed by atoms with Crippen LogP contribution in [0.1, 0.15) is 25.7 Å². The van der Waals surface area contributed by atoms with E-state index in [0.29, 0.717) is 6.54 Å². The van der Waals surface area contributed by atoms with Crippen molar-refractivity contribution in [1.82, 2.24) is 9.80 Å². The highest BCUT2D eigenvalue weighted by Gasteiger charge is 2.37. The van der Waals surface area contributed by atoms with Crippen LogP contribution in [0.4, 0.5) is 4.79 Å². The van der Waals surface area contributed by atoms with Crippen molar-refractivity contribution in [2.45, 2.75) is 31.7 Å². The Kier molecular flexibility index (Phi) is 3.31. The van der Waals surface area contributed by atoms with Crippen molar-refractivity contribution in [3.63, 3.8) is 0 Å². The molecule has 2 fully saturated rings. The normalized spacial score (nSPS) is 24.9. The van der Waals surface area contributed by atoms with E-state index in [1.165, 1.54) is 7.11 Å². The summed E-state index contributed by atoms with van der Waals surface area (Å²) in [5, 5.41) is 0. The van der Waals surface area contributed by atoms with Crippen molar-refractivity contribution in [3.05, 3.63) is 0 Å². The first-order valence-corrected chi connectivity index (χ1v) is 5.87. The highest BCUT2D eigenvalue weighted by molar-refractivity contribution is 5.86. The summed E-state index contributed by atoms with van der Waals surface area (Å²) in [5.74, 6) is 0.0976. The van der Waals surface area contributed by atoms with Gasteiger partial charge in [0.2, 0.25) is 5.91 Å². The van der Waals surface area contributed by atoms with Gasteiger partial charge in [0, 0.05) is 19.6 Å². The molecule has 0 aromatic rings. The molecule has 0 bridgehead atoms. The third-order valence-electron chi connectivity index (χ3n) is 3.36. The van der Waals surface area contributed by atoms with E-state index < -0.39 is 0 Å². The molecule has 0 aromatic heterocycles. The average molecular weight is 226 g/mol. The summed E-state index contributed by atoms with van der Waals surface area (Å²) in [7, 11) is 1.36. The lowest BCUT2D eigenvalue weighted by Gasteiger charge is -2.26. The van der Waals surface area contributed by atoms with Crippen LogP contribution in [0.5, 0.6) is 0 Å². The molecule has 0 saturated carbocycles. The molecule has 0 aromatic carbocycles. The van der Waals surface area contributed by atoms with Gasteiger partial charge in [-0.3, -0.25) is 9.69 Å². The molecule has 1 unspecified atom stereocenters. The van der Waals surface area contributed by atoms with E-state index in [1.54, 1.807) is 4.90 Å². The summed E-state index contributed by atoms with van der Waals surface area (Å²) >= 11 is 0. The van der Waals surface area contributed by atoms with Gasteiger partial charge in [-0.15, -0.1) is 0 Å². The molecule has 2 rings (SSSR count). The topological polar surface area (TPSA) is 49.9 Å². The number of carbonyl (C=O) groups excluding carboxylic acids is 2. The second kappa shape index (κ2) is 4.72. The fraction of sp³-hybridized carbons (Fsp3) is 0.818. The predicted molar refractivity (Wildman–Crippen MR) is 57.9 cm³/mol. The van der Waals surface area contributed by atoms with Crippen molar-refractivity contribution in [2.24, 2.45) is 0 Å². The van der Waals surface area contributed by atoms with Crippen LogP contribution < -0.4 is 0 Å². The van der Waals surface area contributed by atoms with E-state index in [-0.39, 0.29) is 18.0 Å². The van der Waals surface area contributed by atoms with Crippen LogP contribution in [0.2, 0.25) is 0 Å². The average Bonchev–Trinajstić information content (AvgIpc) is 2.97. The number of hydrogen-bond acceptors (Lipinski definition) is 3. The summed E-state index contributed by atoms with van der Waals surface area (Å²) in [6.07, 6.45) is 3.44. The lowest BCUT2D eigenvalue weighted by Crippen LogP contribution is -2.46. The minimum Gasteiger partial charge on any atom is -0.453 e. The lowest BCUT2D eigenvalue weighted by molar-refractivity contribution is -0.134. The first kappa shape index (κ1) is 11.2. The van der Waals surface area contributed by atoms with Gasteiger partial charge in [0.25, 0.3) is 0 Å². The number of rotatable bonds is 1. The third-order valence-corrected chi connectivity index (χ3v) is 3.36. The number of likely N-dealkylation sites (tertiary alicyclic amines) is 2. The molecule has 1 atom stereocenters. The van der Waals surface area contributed by atoms with E-state index in [4.69, 9.17) is 4.74 Å². The van der Waals surface area contributed by atoms with Gasteiger partial charge < -0.3 is 9.64 Å². The Balaban J connectivity index is 2.01. The summed E-state index contributed by atoms with van der Waals surface area (Å²) in [6, 6.07) is -0.287. The van der Waals surface area contributed by atoms with Crippen LogP contribution in [0.15, 0.2) is 0 Å². The molecule has 16 heavy (non-hydrogen) atoms. The molecule has 0 radical (unpaired) electrons. The van der Waals surface area contributed by atoms with Crippen molar-refractivity contribution in [1.29, 1.82) is 0 Å². The number of hydrogen-bond donors (Lipinski definition) is 0. The summed E-state index contributed by atoms with van der Waals surface area (Å²) in [5.41, 5.74) is 0. The molecule has 2 heterocycles. The Morgan fingerprint density at radius 1 is 1.12 bits per heavy atom. The largest absolute Gasteiger partial charge is 0.453 e. The molecular formula is C11H18N2O3. The van der Waals surface area contributed by atoms with Gasteiger partial charge in [-0.25, -0.2) is 4.79 Å². The maximum atomic E-state index is 12.2. The van der Waals surface area contributed by atoms with Crippen LogP contribution in [0.25, 0.3) is 0 Å². The maximum absolute atomic E-state index is 12.2. The van der Waals surface area contributed by atoms with Gasteiger partial charge in [0.15, 0.2) is 0 Å². The second-order valence-electron chi connectivity index (χ2n) is 4.35. The van der Waals surface area contributed by atoms with Gasteiger partial charge in [-0.2, -0.15) is 0 Å². The Hall–Kier alpha value is -1.26. The summed E-state index contributed by atoms with van der Waals surface area (Å²) in [4.78, 5) is 27.1. The SMILES string of the molecule is COC(=O)N1CCCC1C(=O)N1CCCC1. The molecular weight excluding hydrogens is 208 g/mol. The van der Waals surface area contributed by atoms with E-state index in [0.717, 1.165) is 38.8 Å². The minimum absolute atomic E-state index is 0.0976. The van der Waals surface area contributed by atoms with Gasteiger partial charge in [-0.1, -0.05) is 0 Å². The molecule has 2 aliphatic heterocycles. The molecule has 2 saturated heterocycles. The molecule has 90 valence electrons. The number of methoxy groups -OCH3 is 1. The van der Waals surface area contributed by atoms with Crippen molar-refractivity contribution >= 4 is 12.0 Å². The van der Waals surface area contributed by atoms with E-state index in [2.05, 4.69) is 0 Å².